The van der Waals surface area contributed by atoms with Crippen LogP contribution >= 0.6 is 11.6 Å². The van der Waals surface area contributed by atoms with E-state index in [0.717, 1.165) is 28.2 Å². The molecule has 0 aliphatic carbocycles. The molecule has 0 radical (unpaired) electrons. The molecule has 0 unspecified atom stereocenters. The third-order valence-corrected chi connectivity index (χ3v) is 5.67. The lowest BCUT2D eigenvalue weighted by atomic mass is 10.0. The van der Waals surface area contributed by atoms with Crippen molar-refractivity contribution in [1.29, 1.82) is 5.26 Å². The maximum absolute atomic E-state index is 12.4. The zero-order valence-electron chi connectivity index (χ0n) is 17.7. The number of amides is 1. The monoisotopic (exact) mass is 444 g/mol. The van der Waals surface area contributed by atoms with Crippen LogP contribution in [0, 0.1) is 25.2 Å². The predicted octanol–water partition coefficient (Wildman–Crippen LogP) is 5.13. The number of benzene rings is 2. The Labute approximate surface area is 191 Å². The number of carbonyl (C=O) groups excluding carboxylic acids is 1. The van der Waals surface area contributed by atoms with E-state index >= 15 is 0 Å². The van der Waals surface area contributed by atoms with Crippen molar-refractivity contribution < 1.29 is 9.21 Å². The van der Waals surface area contributed by atoms with Gasteiger partial charge in [0, 0.05) is 23.2 Å². The van der Waals surface area contributed by atoms with Gasteiger partial charge in [0.1, 0.15) is 11.8 Å². The van der Waals surface area contributed by atoms with Gasteiger partial charge in [0.15, 0.2) is 0 Å². The van der Waals surface area contributed by atoms with Crippen molar-refractivity contribution in [3.63, 3.8) is 0 Å². The minimum absolute atomic E-state index is 0.147. The first-order valence-electron chi connectivity index (χ1n) is 10.1. The summed E-state index contributed by atoms with van der Waals surface area (Å²) in [5.74, 6) is 0.562. The molecule has 0 atom stereocenters. The van der Waals surface area contributed by atoms with Gasteiger partial charge in [-0.05, 0) is 61.9 Å². The van der Waals surface area contributed by atoms with Crippen molar-refractivity contribution in [3.8, 4) is 11.8 Å². The molecule has 0 spiro atoms. The molecule has 0 fully saturated rings. The van der Waals surface area contributed by atoms with Gasteiger partial charge in [-0.15, -0.1) is 0 Å². The molecule has 4 aromatic rings. The van der Waals surface area contributed by atoms with Gasteiger partial charge in [-0.25, -0.2) is 4.68 Å². The summed E-state index contributed by atoms with van der Waals surface area (Å²) in [4.78, 5) is 12.4. The number of hydrogen-bond acceptors (Lipinski definition) is 4. The number of nitriles is 1. The third kappa shape index (κ3) is 4.43. The highest BCUT2D eigenvalue weighted by molar-refractivity contribution is 6.31. The van der Waals surface area contributed by atoms with Crippen molar-refractivity contribution in [2.45, 2.75) is 26.8 Å². The standard InChI is InChI=1S/C25H21ClN4O2/c1-16-23(17(2)30(29-16)21-10-9-20(14-27)24(26)13-21)12-18-5-7-19(8-6-18)25(31)28-15-22-4-3-11-32-22/h3-11,13H,12,15H2,1-2H3,(H,28,31). The van der Waals surface area contributed by atoms with Crippen LogP contribution in [-0.2, 0) is 13.0 Å². The van der Waals surface area contributed by atoms with Crippen LogP contribution in [0.5, 0.6) is 0 Å². The van der Waals surface area contributed by atoms with Gasteiger partial charge in [-0.3, -0.25) is 4.79 Å². The minimum Gasteiger partial charge on any atom is -0.467 e. The molecule has 0 saturated heterocycles. The molecule has 0 saturated carbocycles. The minimum atomic E-state index is -0.147. The van der Waals surface area contributed by atoms with Crippen LogP contribution in [0.1, 0.15) is 44.2 Å². The van der Waals surface area contributed by atoms with E-state index in [9.17, 15) is 4.79 Å². The Morgan fingerprint density at radius 2 is 1.97 bits per heavy atom. The number of nitrogens with one attached hydrogen (secondary N) is 1. The zero-order valence-corrected chi connectivity index (χ0v) is 18.5. The van der Waals surface area contributed by atoms with E-state index in [-0.39, 0.29) is 5.91 Å². The van der Waals surface area contributed by atoms with Gasteiger partial charge < -0.3 is 9.73 Å². The fourth-order valence-corrected chi connectivity index (χ4v) is 3.79. The highest BCUT2D eigenvalue weighted by Gasteiger charge is 2.15. The number of hydrogen-bond donors (Lipinski definition) is 1. The Morgan fingerprint density at radius 3 is 2.62 bits per heavy atom. The number of carbonyl (C=O) groups is 1. The molecule has 160 valence electrons. The second kappa shape index (κ2) is 9.13. The summed E-state index contributed by atoms with van der Waals surface area (Å²) >= 11 is 6.20. The van der Waals surface area contributed by atoms with Gasteiger partial charge in [0.05, 0.1) is 34.8 Å². The Morgan fingerprint density at radius 1 is 1.19 bits per heavy atom. The number of aromatic nitrogens is 2. The predicted molar refractivity (Wildman–Crippen MR) is 122 cm³/mol. The highest BCUT2D eigenvalue weighted by atomic mass is 35.5. The molecule has 2 aromatic heterocycles. The average Bonchev–Trinajstić information content (AvgIpc) is 3.41. The molecule has 2 heterocycles. The fraction of sp³-hybridized carbons (Fsp3) is 0.160. The summed E-state index contributed by atoms with van der Waals surface area (Å²) in [7, 11) is 0. The normalized spacial score (nSPS) is 10.7. The summed E-state index contributed by atoms with van der Waals surface area (Å²) in [6.45, 7) is 4.34. The Balaban J connectivity index is 1.49. The van der Waals surface area contributed by atoms with Crippen molar-refractivity contribution in [2.24, 2.45) is 0 Å². The second-order valence-electron chi connectivity index (χ2n) is 7.47. The van der Waals surface area contributed by atoms with Crippen molar-refractivity contribution in [1.82, 2.24) is 15.1 Å². The Kier molecular flexibility index (Phi) is 6.11. The van der Waals surface area contributed by atoms with Crippen molar-refractivity contribution in [3.05, 3.63) is 105 Å². The average molecular weight is 445 g/mol. The van der Waals surface area contributed by atoms with Gasteiger partial charge in [0.25, 0.3) is 5.91 Å². The van der Waals surface area contributed by atoms with Crippen LogP contribution in [-0.4, -0.2) is 15.7 Å². The first-order chi connectivity index (χ1) is 15.5. The second-order valence-corrected chi connectivity index (χ2v) is 7.88. The lowest BCUT2D eigenvalue weighted by Crippen LogP contribution is -2.22. The largest absolute Gasteiger partial charge is 0.467 e. The van der Waals surface area contributed by atoms with E-state index in [1.54, 1.807) is 24.5 Å². The zero-order chi connectivity index (χ0) is 22.7. The number of furan rings is 1. The lowest BCUT2D eigenvalue weighted by Gasteiger charge is -2.08. The summed E-state index contributed by atoms with van der Waals surface area (Å²) in [6.07, 6.45) is 2.27. The summed E-state index contributed by atoms with van der Waals surface area (Å²) in [5, 5.41) is 17.0. The van der Waals surface area contributed by atoms with E-state index in [1.165, 1.54) is 0 Å². The molecular weight excluding hydrogens is 424 g/mol. The maximum atomic E-state index is 12.4. The molecule has 0 aliphatic rings. The Hall–Kier alpha value is -3.82. The number of halogens is 1. The van der Waals surface area contributed by atoms with E-state index in [2.05, 4.69) is 16.5 Å². The maximum Gasteiger partial charge on any atom is 0.251 e. The number of aryl methyl sites for hydroxylation is 1. The lowest BCUT2D eigenvalue weighted by molar-refractivity contribution is 0.0948. The van der Waals surface area contributed by atoms with Gasteiger partial charge >= 0.3 is 0 Å². The van der Waals surface area contributed by atoms with Gasteiger partial charge in [-0.1, -0.05) is 23.7 Å². The van der Waals surface area contributed by atoms with E-state index in [0.29, 0.717) is 34.9 Å². The molecule has 2 aromatic carbocycles. The third-order valence-electron chi connectivity index (χ3n) is 5.36. The molecule has 1 N–H and O–H groups in total. The van der Waals surface area contributed by atoms with Gasteiger partial charge in [-0.2, -0.15) is 10.4 Å². The van der Waals surface area contributed by atoms with Crippen molar-refractivity contribution >= 4 is 17.5 Å². The van der Waals surface area contributed by atoms with Crippen LogP contribution in [0.4, 0.5) is 0 Å². The first kappa shape index (κ1) is 21.4. The Bertz CT molecular complexity index is 1300. The molecule has 6 nitrogen and oxygen atoms in total. The van der Waals surface area contributed by atoms with E-state index in [1.807, 2.05) is 54.9 Å². The molecule has 0 aliphatic heterocycles. The smallest absolute Gasteiger partial charge is 0.251 e. The SMILES string of the molecule is Cc1nn(-c2ccc(C#N)c(Cl)c2)c(C)c1Cc1ccc(C(=O)NCc2ccco2)cc1. The highest BCUT2D eigenvalue weighted by Crippen LogP contribution is 2.24. The molecule has 0 bridgehead atoms. The number of nitrogens with zero attached hydrogens (tertiary/aromatic N) is 3. The summed E-state index contributed by atoms with van der Waals surface area (Å²) < 4.78 is 7.08. The molecule has 7 heteroatoms. The van der Waals surface area contributed by atoms with Crippen LogP contribution in [0.3, 0.4) is 0 Å². The molecule has 32 heavy (non-hydrogen) atoms. The van der Waals surface area contributed by atoms with Crippen LogP contribution in [0.15, 0.2) is 65.3 Å². The first-order valence-corrected chi connectivity index (χ1v) is 10.5. The van der Waals surface area contributed by atoms with Gasteiger partial charge in [0.2, 0.25) is 0 Å². The van der Waals surface area contributed by atoms with Crippen LogP contribution < -0.4 is 5.32 Å². The summed E-state index contributed by atoms with van der Waals surface area (Å²) in [6, 6.07) is 18.5. The van der Waals surface area contributed by atoms with E-state index < -0.39 is 0 Å². The molecule has 4 rings (SSSR count). The van der Waals surface area contributed by atoms with Crippen LogP contribution in [0.2, 0.25) is 5.02 Å². The van der Waals surface area contributed by atoms with Crippen LogP contribution in [0.25, 0.3) is 5.69 Å². The molecule has 1 amide bonds. The topological polar surface area (TPSA) is 83.8 Å². The van der Waals surface area contributed by atoms with E-state index in [4.69, 9.17) is 21.3 Å². The van der Waals surface area contributed by atoms with Crippen molar-refractivity contribution in [2.75, 3.05) is 0 Å². The molecular formula is C25H21ClN4O2. The summed E-state index contributed by atoms with van der Waals surface area (Å²) in [5.41, 5.74) is 5.95. The quantitative estimate of drug-likeness (QED) is 0.447. The number of rotatable bonds is 6. The fourth-order valence-electron chi connectivity index (χ4n) is 3.57.